The predicted octanol–water partition coefficient (Wildman–Crippen LogP) is 5.90. The maximum Gasteiger partial charge on any atom is 0.409 e. The van der Waals surface area contributed by atoms with E-state index in [0.717, 1.165) is 5.56 Å². The van der Waals surface area contributed by atoms with Crippen LogP contribution in [-0.2, 0) is 11.3 Å². The molecule has 0 bridgehead atoms. The van der Waals surface area contributed by atoms with Gasteiger partial charge in [0.15, 0.2) is 11.3 Å². The van der Waals surface area contributed by atoms with E-state index in [1.54, 1.807) is 18.2 Å². The summed E-state index contributed by atoms with van der Waals surface area (Å²) in [4.78, 5) is 12.1. The van der Waals surface area contributed by atoms with Gasteiger partial charge in [-0.1, -0.05) is 94.4 Å². The Morgan fingerprint density at radius 2 is 1.61 bits per heavy atom. The lowest BCUT2D eigenvalue weighted by Gasteiger charge is -2.27. The minimum Gasteiger partial charge on any atom is -0.445 e. The summed E-state index contributed by atoms with van der Waals surface area (Å²) >= 11 is 35.1. The molecule has 1 amide bonds. The topological polar surface area (TPSA) is 62.4 Å². The van der Waals surface area contributed by atoms with E-state index in [1.807, 2.05) is 30.3 Å². The molecule has 2 rings (SSSR count). The van der Waals surface area contributed by atoms with E-state index in [0.29, 0.717) is 15.7 Å². The van der Waals surface area contributed by atoms with Crippen LogP contribution in [0.1, 0.15) is 5.56 Å². The first kappa shape index (κ1) is 23.1. The second-order valence-corrected chi connectivity index (χ2v) is 8.97. The van der Waals surface area contributed by atoms with Gasteiger partial charge in [-0.15, -0.1) is 0 Å². The van der Waals surface area contributed by atoms with Gasteiger partial charge in [-0.3, -0.25) is 5.32 Å². The second-order valence-electron chi connectivity index (χ2n) is 5.38. The van der Waals surface area contributed by atoms with Crippen LogP contribution in [0, 0.1) is 0 Å². The maximum atomic E-state index is 12.1. The molecule has 3 N–H and O–H groups in total. The van der Waals surface area contributed by atoms with Crippen LogP contribution in [0.4, 0.5) is 10.5 Å². The van der Waals surface area contributed by atoms with E-state index in [1.165, 1.54) is 0 Å². The van der Waals surface area contributed by atoms with Crippen LogP contribution in [0.2, 0.25) is 10.0 Å². The number of rotatable bonds is 5. The van der Waals surface area contributed by atoms with Crippen molar-refractivity contribution in [3.63, 3.8) is 0 Å². The molecule has 150 valence electrons. The summed E-state index contributed by atoms with van der Waals surface area (Å²) in [6, 6.07) is 14.1. The average Bonchev–Trinajstić information content (AvgIpc) is 2.63. The highest BCUT2D eigenvalue weighted by molar-refractivity contribution is 7.80. The van der Waals surface area contributed by atoms with E-state index >= 15 is 0 Å². The summed E-state index contributed by atoms with van der Waals surface area (Å²) in [6.07, 6.45) is -1.99. The third kappa shape index (κ3) is 7.35. The lowest BCUT2D eigenvalue weighted by atomic mass is 10.2. The number of hydrogen-bond acceptors (Lipinski definition) is 3. The van der Waals surface area contributed by atoms with Crippen LogP contribution < -0.4 is 16.0 Å². The molecular weight excluding hydrogens is 488 g/mol. The minimum atomic E-state index is -1.93. The third-order valence-electron chi connectivity index (χ3n) is 3.28. The average molecular weight is 502 g/mol. The molecule has 0 saturated carbocycles. The summed E-state index contributed by atoms with van der Waals surface area (Å²) < 4.78 is 3.19. The van der Waals surface area contributed by atoms with Gasteiger partial charge in [0.25, 0.3) is 0 Å². The van der Waals surface area contributed by atoms with Gasteiger partial charge >= 0.3 is 6.09 Å². The van der Waals surface area contributed by atoms with E-state index in [-0.39, 0.29) is 11.7 Å². The lowest BCUT2D eigenvalue weighted by molar-refractivity contribution is 0.135. The van der Waals surface area contributed by atoms with Crippen LogP contribution in [0.25, 0.3) is 0 Å². The largest absolute Gasteiger partial charge is 0.445 e. The molecule has 0 aliphatic carbocycles. The van der Waals surface area contributed by atoms with Crippen LogP contribution in [0.3, 0.4) is 0 Å². The number of ether oxygens (including phenoxy) is 1. The van der Waals surface area contributed by atoms with E-state index in [4.69, 9.17) is 75.0 Å². The summed E-state index contributed by atoms with van der Waals surface area (Å²) in [5, 5.41) is 8.61. The molecule has 2 aromatic rings. The highest BCUT2D eigenvalue weighted by Gasteiger charge is 2.35. The number of amides is 1. The number of benzene rings is 2. The zero-order valence-electron chi connectivity index (χ0n) is 14.0. The summed E-state index contributed by atoms with van der Waals surface area (Å²) in [5.74, 6) is 0. The third-order valence-corrected chi connectivity index (χ3v) is 4.78. The Hall–Kier alpha value is -1.15. The molecule has 11 heteroatoms. The number of carbonyl (C=O) groups is 1. The highest BCUT2D eigenvalue weighted by Crippen LogP contribution is 2.31. The smallest absolute Gasteiger partial charge is 0.409 e. The van der Waals surface area contributed by atoms with Crippen molar-refractivity contribution in [2.45, 2.75) is 16.6 Å². The molecule has 0 unspecified atom stereocenters. The Bertz CT molecular complexity index is 813. The number of halogens is 5. The Kier molecular flexibility index (Phi) is 8.74. The van der Waals surface area contributed by atoms with Crippen LogP contribution in [0.5, 0.6) is 0 Å². The lowest BCUT2D eigenvalue weighted by Crippen LogP contribution is -2.56. The van der Waals surface area contributed by atoms with Crippen molar-refractivity contribution >= 4 is 87.1 Å². The van der Waals surface area contributed by atoms with Gasteiger partial charge in [-0.2, -0.15) is 0 Å². The number of anilines is 1. The number of carbonyl (C=O) groups excluding carboxylic acids is 1. The zero-order chi connectivity index (χ0) is 20.7. The van der Waals surface area contributed by atoms with Gasteiger partial charge in [0.1, 0.15) is 6.61 Å². The molecular formula is C17H14Cl5N3O2S. The Morgan fingerprint density at radius 1 is 1.00 bits per heavy atom. The van der Waals surface area contributed by atoms with Crippen molar-refractivity contribution in [2.24, 2.45) is 0 Å². The molecule has 0 fully saturated rings. The van der Waals surface area contributed by atoms with Crippen molar-refractivity contribution in [3.05, 3.63) is 64.1 Å². The summed E-state index contributed by atoms with van der Waals surface area (Å²) in [6.45, 7) is 0.0528. The molecule has 0 saturated heterocycles. The Labute approximate surface area is 192 Å². The second kappa shape index (κ2) is 10.6. The molecule has 0 aliphatic rings. The quantitative estimate of drug-likeness (QED) is 0.270. The summed E-state index contributed by atoms with van der Waals surface area (Å²) in [5.41, 5.74) is 1.18. The van der Waals surface area contributed by atoms with Gasteiger partial charge in [-0.05, 0) is 29.9 Å². The molecule has 0 radical (unpaired) electrons. The molecule has 1 atom stereocenters. The van der Waals surface area contributed by atoms with Crippen molar-refractivity contribution in [2.75, 3.05) is 5.32 Å². The fourth-order valence-electron chi connectivity index (χ4n) is 1.98. The number of alkyl halides is 3. The van der Waals surface area contributed by atoms with Gasteiger partial charge in [0, 0.05) is 0 Å². The van der Waals surface area contributed by atoms with Gasteiger partial charge < -0.3 is 15.4 Å². The maximum absolute atomic E-state index is 12.1. The molecule has 28 heavy (non-hydrogen) atoms. The first-order chi connectivity index (χ1) is 13.2. The van der Waals surface area contributed by atoms with Gasteiger partial charge in [0.05, 0.1) is 15.7 Å². The molecule has 0 aromatic heterocycles. The predicted molar refractivity (Wildman–Crippen MR) is 120 cm³/mol. The van der Waals surface area contributed by atoms with E-state index in [9.17, 15) is 4.79 Å². The first-order valence-corrected chi connectivity index (χ1v) is 10.0. The highest BCUT2D eigenvalue weighted by atomic mass is 35.6. The monoisotopic (exact) mass is 499 g/mol. The van der Waals surface area contributed by atoms with E-state index in [2.05, 4.69) is 16.0 Å². The number of alkyl carbamates (subject to hydrolysis) is 1. The van der Waals surface area contributed by atoms with Crippen molar-refractivity contribution in [1.29, 1.82) is 0 Å². The molecule has 0 spiro atoms. The standard InChI is InChI=1S/C17H14Cl5N3O2S/c18-11-7-4-8-12(19)13(11)23-15(28)24-14(17(20,21)22)25-16(26)27-9-10-5-2-1-3-6-10/h1-8,14H,9H2,(H,25,26)(H2,23,24,28)/t14-/m1/s1. The minimum absolute atomic E-state index is 0.0229. The Morgan fingerprint density at radius 3 is 2.18 bits per heavy atom. The van der Waals surface area contributed by atoms with Gasteiger partial charge in [0.2, 0.25) is 3.79 Å². The van der Waals surface area contributed by atoms with Crippen LogP contribution in [0.15, 0.2) is 48.5 Å². The SMILES string of the molecule is O=C(N[C@@H](NC(=S)Nc1c(Cl)cccc1Cl)C(Cl)(Cl)Cl)OCc1ccccc1. The van der Waals surface area contributed by atoms with Crippen molar-refractivity contribution in [3.8, 4) is 0 Å². The molecule has 0 aliphatic heterocycles. The van der Waals surface area contributed by atoms with Crippen molar-refractivity contribution in [1.82, 2.24) is 10.6 Å². The number of hydrogen-bond donors (Lipinski definition) is 3. The van der Waals surface area contributed by atoms with Crippen molar-refractivity contribution < 1.29 is 9.53 Å². The number of nitrogens with one attached hydrogen (secondary N) is 3. The Balaban J connectivity index is 1.97. The fourth-order valence-corrected chi connectivity index (χ4v) is 3.02. The molecule has 2 aromatic carbocycles. The summed E-state index contributed by atoms with van der Waals surface area (Å²) in [7, 11) is 0. The zero-order valence-corrected chi connectivity index (χ0v) is 18.6. The van der Waals surface area contributed by atoms with E-state index < -0.39 is 16.1 Å². The fraction of sp³-hybridized carbons (Fsp3) is 0.176. The van der Waals surface area contributed by atoms with Crippen LogP contribution >= 0.6 is 70.2 Å². The number of para-hydroxylation sites is 1. The van der Waals surface area contributed by atoms with Crippen LogP contribution in [-0.4, -0.2) is 21.2 Å². The van der Waals surface area contributed by atoms with Gasteiger partial charge in [-0.25, -0.2) is 4.79 Å². The first-order valence-electron chi connectivity index (χ1n) is 7.72. The molecule has 5 nitrogen and oxygen atoms in total. The molecule has 0 heterocycles. The normalized spacial score (nSPS) is 12.0. The number of thiocarbonyl (C=S) groups is 1.